The highest BCUT2D eigenvalue weighted by Gasteiger charge is 2.33. The summed E-state index contributed by atoms with van der Waals surface area (Å²) in [6, 6.07) is 2.14. The zero-order valence-electron chi connectivity index (χ0n) is 8.14. The molecule has 3 atom stereocenters. The molecule has 0 radical (unpaired) electrons. The molecule has 0 amide bonds. The Kier molecular flexibility index (Phi) is 3.12. The minimum absolute atomic E-state index is 0.124. The van der Waals surface area contributed by atoms with Gasteiger partial charge in [-0.05, 0) is 30.9 Å². The molecule has 2 rings (SSSR count). The third-order valence-electron chi connectivity index (χ3n) is 2.82. The van der Waals surface area contributed by atoms with Crippen molar-refractivity contribution in [3.63, 3.8) is 0 Å². The third kappa shape index (κ3) is 1.81. The van der Waals surface area contributed by atoms with Crippen LogP contribution in [-0.4, -0.2) is 17.1 Å². The lowest BCUT2D eigenvalue weighted by Crippen LogP contribution is -2.36. The Morgan fingerprint density at radius 2 is 2.64 bits per heavy atom. The van der Waals surface area contributed by atoms with Gasteiger partial charge in [-0.3, -0.25) is 11.3 Å². The number of ether oxygens (including phenoxy) is 1. The van der Waals surface area contributed by atoms with E-state index < -0.39 is 0 Å². The molecular weight excluding hydrogens is 198 g/mol. The summed E-state index contributed by atoms with van der Waals surface area (Å²) in [4.78, 5) is 0. The van der Waals surface area contributed by atoms with E-state index in [4.69, 9.17) is 10.6 Å². The molecule has 3 N–H and O–H groups in total. The normalized spacial score (nSPS) is 29.3. The van der Waals surface area contributed by atoms with Crippen molar-refractivity contribution in [2.24, 2.45) is 11.8 Å². The topological polar surface area (TPSA) is 60.2 Å². The summed E-state index contributed by atoms with van der Waals surface area (Å²) < 4.78 is 9.84. The minimum atomic E-state index is 0.124. The van der Waals surface area contributed by atoms with E-state index in [1.54, 1.807) is 0 Å². The maximum Gasteiger partial charge on any atom is 0.0728 e. The predicted molar refractivity (Wildman–Crippen MR) is 55.7 cm³/mol. The van der Waals surface area contributed by atoms with Crippen LogP contribution in [0.2, 0.25) is 0 Å². The van der Waals surface area contributed by atoms with Crippen LogP contribution in [0.3, 0.4) is 0 Å². The van der Waals surface area contributed by atoms with Gasteiger partial charge in [-0.15, -0.1) is 0 Å². The second-order valence-electron chi connectivity index (χ2n) is 3.60. The van der Waals surface area contributed by atoms with Crippen molar-refractivity contribution < 1.29 is 4.74 Å². The molecule has 1 aromatic rings. The smallest absolute Gasteiger partial charge is 0.0728 e. The molecule has 1 aliphatic rings. The van der Waals surface area contributed by atoms with E-state index in [0.29, 0.717) is 5.92 Å². The Hall–Kier alpha value is -0.490. The third-order valence-corrected chi connectivity index (χ3v) is 3.39. The SMILES string of the molecule is CC1OCCC1C(NN)c1ccsn1. The lowest BCUT2D eigenvalue weighted by Gasteiger charge is -2.23. The monoisotopic (exact) mass is 213 g/mol. The van der Waals surface area contributed by atoms with Gasteiger partial charge in [-0.25, -0.2) is 0 Å². The van der Waals surface area contributed by atoms with E-state index in [2.05, 4.69) is 16.7 Å². The fourth-order valence-electron chi connectivity index (χ4n) is 2.00. The van der Waals surface area contributed by atoms with Crippen molar-refractivity contribution in [1.29, 1.82) is 0 Å². The van der Waals surface area contributed by atoms with Crippen LogP contribution in [0.15, 0.2) is 11.4 Å². The molecule has 3 unspecified atom stereocenters. The van der Waals surface area contributed by atoms with Crippen molar-refractivity contribution in [3.8, 4) is 0 Å². The summed E-state index contributed by atoms with van der Waals surface area (Å²) in [6.45, 7) is 2.92. The van der Waals surface area contributed by atoms with Crippen molar-refractivity contribution in [3.05, 3.63) is 17.1 Å². The van der Waals surface area contributed by atoms with E-state index >= 15 is 0 Å². The van der Waals surface area contributed by atoms with Crippen LogP contribution >= 0.6 is 11.5 Å². The number of hydrogen-bond acceptors (Lipinski definition) is 5. The van der Waals surface area contributed by atoms with Crippen molar-refractivity contribution in [1.82, 2.24) is 9.80 Å². The fraction of sp³-hybridized carbons (Fsp3) is 0.667. The summed E-state index contributed by atoms with van der Waals surface area (Å²) in [5.41, 5.74) is 3.87. The zero-order chi connectivity index (χ0) is 9.97. The van der Waals surface area contributed by atoms with Crippen molar-refractivity contribution in [2.45, 2.75) is 25.5 Å². The Bertz CT molecular complexity index is 278. The van der Waals surface area contributed by atoms with Gasteiger partial charge in [0.05, 0.1) is 17.8 Å². The summed E-state index contributed by atoms with van der Waals surface area (Å²) in [5.74, 6) is 6.00. The van der Waals surface area contributed by atoms with Crippen LogP contribution in [0.1, 0.15) is 25.1 Å². The number of hydrogen-bond donors (Lipinski definition) is 2. The van der Waals surface area contributed by atoms with Crippen LogP contribution in [0.5, 0.6) is 0 Å². The summed E-state index contributed by atoms with van der Waals surface area (Å²) in [6.07, 6.45) is 1.31. The van der Waals surface area contributed by atoms with Gasteiger partial charge in [-0.1, -0.05) is 0 Å². The Morgan fingerprint density at radius 3 is 3.14 bits per heavy atom. The first-order valence-electron chi connectivity index (χ1n) is 4.81. The highest BCUT2D eigenvalue weighted by Crippen LogP contribution is 2.32. The number of aromatic nitrogens is 1. The van der Waals surface area contributed by atoms with Gasteiger partial charge >= 0.3 is 0 Å². The average molecular weight is 213 g/mol. The molecule has 1 aromatic heterocycles. The molecule has 0 aliphatic carbocycles. The lowest BCUT2D eigenvalue weighted by atomic mass is 9.92. The van der Waals surface area contributed by atoms with Gasteiger partial charge in [0.1, 0.15) is 0 Å². The summed E-state index contributed by atoms with van der Waals surface area (Å²) in [5, 5.41) is 1.97. The summed E-state index contributed by atoms with van der Waals surface area (Å²) >= 11 is 1.46. The van der Waals surface area contributed by atoms with Crippen molar-refractivity contribution >= 4 is 11.5 Å². The van der Waals surface area contributed by atoms with Crippen LogP contribution < -0.4 is 11.3 Å². The molecular formula is C9H15N3OS. The Labute approximate surface area is 87.6 Å². The maximum atomic E-state index is 5.57. The van der Waals surface area contributed by atoms with Crippen LogP contribution in [0.25, 0.3) is 0 Å². The molecule has 1 fully saturated rings. The Morgan fingerprint density at radius 1 is 1.79 bits per heavy atom. The lowest BCUT2D eigenvalue weighted by molar-refractivity contribution is 0.0950. The van der Waals surface area contributed by atoms with E-state index in [0.717, 1.165) is 18.7 Å². The van der Waals surface area contributed by atoms with Gasteiger partial charge < -0.3 is 4.74 Å². The number of rotatable bonds is 3. The second kappa shape index (κ2) is 4.35. The van der Waals surface area contributed by atoms with E-state index in [1.807, 2.05) is 11.4 Å². The number of nitrogens with one attached hydrogen (secondary N) is 1. The number of hydrazine groups is 1. The molecule has 4 nitrogen and oxygen atoms in total. The fourth-order valence-corrected chi connectivity index (χ4v) is 2.55. The molecule has 0 aromatic carbocycles. The van der Waals surface area contributed by atoms with Gasteiger partial charge in [0.25, 0.3) is 0 Å². The van der Waals surface area contributed by atoms with Gasteiger partial charge in [0.2, 0.25) is 0 Å². The van der Waals surface area contributed by atoms with Crippen LogP contribution in [0, 0.1) is 5.92 Å². The van der Waals surface area contributed by atoms with E-state index in [-0.39, 0.29) is 12.1 Å². The van der Waals surface area contributed by atoms with Gasteiger partial charge in [-0.2, -0.15) is 4.37 Å². The highest BCUT2D eigenvalue weighted by molar-refractivity contribution is 7.03. The molecule has 78 valence electrons. The molecule has 1 saturated heterocycles. The summed E-state index contributed by atoms with van der Waals surface area (Å²) in [7, 11) is 0. The van der Waals surface area contributed by atoms with Crippen molar-refractivity contribution in [2.75, 3.05) is 6.61 Å². The van der Waals surface area contributed by atoms with E-state index in [9.17, 15) is 0 Å². The molecule has 2 heterocycles. The molecule has 0 spiro atoms. The quantitative estimate of drug-likeness (QED) is 0.582. The van der Waals surface area contributed by atoms with E-state index in [1.165, 1.54) is 11.5 Å². The molecule has 0 bridgehead atoms. The first-order valence-corrected chi connectivity index (χ1v) is 5.64. The van der Waals surface area contributed by atoms with Crippen LogP contribution in [0.4, 0.5) is 0 Å². The van der Waals surface area contributed by atoms with Gasteiger partial charge in [0.15, 0.2) is 0 Å². The predicted octanol–water partition coefficient (Wildman–Crippen LogP) is 1.07. The maximum absolute atomic E-state index is 5.57. The Balaban J connectivity index is 2.13. The first kappa shape index (κ1) is 10.0. The van der Waals surface area contributed by atoms with Gasteiger partial charge in [0, 0.05) is 17.9 Å². The minimum Gasteiger partial charge on any atom is -0.378 e. The first-order chi connectivity index (χ1) is 6.83. The largest absolute Gasteiger partial charge is 0.378 e. The van der Waals surface area contributed by atoms with Crippen LogP contribution in [-0.2, 0) is 4.74 Å². The molecule has 0 saturated carbocycles. The number of nitrogens with two attached hydrogens (primary N) is 1. The molecule has 1 aliphatic heterocycles. The average Bonchev–Trinajstić information content (AvgIpc) is 2.80. The molecule has 14 heavy (non-hydrogen) atoms. The molecule has 5 heteroatoms. The second-order valence-corrected chi connectivity index (χ2v) is 4.26. The zero-order valence-corrected chi connectivity index (χ0v) is 8.96. The highest BCUT2D eigenvalue weighted by atomic mass is 32.1. The standard InChI is InChI=1S/C9H15N3OS/c1-6-7(2-4-13-6)9(11-10)8-3-5-14-12-8/h3,5-7,9,11H,2,4,10H2,1H3. The number of nitrogens with zero attached hydrogens (tertiary/aromatic N) is 1.